The van der Waals surface area contributed by atoms with E-state index in [1.807, 2.05) is 13.8 Å². The summed E-state index contributed by atoms with van der Waals surface area (Å²) in [5.74, 6) is -1.80. The molecule has 0 aromatic rings. The topological polar surface area (TPSA) is 80.3 Å². The first kappa shape index (κ1) is 29.5. The average Bonchev–Trinajstić information content (AvgIpc) is 2.55. The molecule has 0 spiro atoms. The molecule has 5 heteroatoms. The first-order chi connectivity index (χ1) is 11.1. The number of unbranched alkanes of at least 4 members (excludes halogenated alkanes) is 4. The Labute approximate surface area is 171 Å². The third-order valence-electron chi connectivity index (χ3n) is 5.21. The van der Waals surface area contributed by atoms with E-state index < -0.39 is 22.8 Å². The Balaban J connectivity index is -0.000000372. The summed E-state index contributed by atoms with van der Waals surface area (Å²) in [4.78, 5) is 21.5. The summed E-state index contributed by atoms with van der Waals surface area (Å²) in [6, 6.07) is 0. The number of carboxylic acid groups (broad SMARTS) is 2. The van der Waals surface area contributed by atoms with Crippen molar-refractivity contribution in [1.82, 2.24) is 0 Å². The van der Waals surface area contributed by atoms with Crippen molar-refractivity contribution in [3.8, 4) is 0 Å². The van der Waals surface area contributed by atoms with Crippen molar-refractivity contribution in [3.05, 3.63) is 0 Å². The van der Waals surface area contributed by atoms with Gasteiger partial charge in [0.25, 0.3) is 0 Å². The maximum atomic E-state index is 10.7. The summed E-state index contributed by atoms with van der Waals surface area (Å²) in [6.45, 7) is 11.6. The van der Waals surface area contributed by atoms with Crippen LogP contribution in [0.5, 0.6) is 0 Å². The Kier molecular flexibility index (Phi) is 18.8. The van der Waals surface area contributed by atoms with Gasteiger partial charge < -0.3 is 19.8 Å². The predicted molar refractivity (Wildman–Crippen MR) is 101 cm³/mol. The number of carbonyl (C=O) groups is 2. The van der Waals surface area contributed by atoms with Crippen molar-refractivity contribution in [2.75, 3.05) is 0 Å². The van der Waals surface area contributed by atoms with E-state index in [1.54, 1.807) is 13.8 Å². The van der Waals surface area contributed by atoms with Crippen LogP contribution in [0.1, 0.15) is 106 Å². The summed E-state index contributed by atoms with van der Waals surface area (Å²) >= 11 is 0. The quantitative estimate of drug-likeness (QED) is 0.392. The van der Waals surface area contributed by atoms with Crippen LogP contribution in [-0.2, 0) is 9.59 Å². The van der Waals surface area contributed by atoms with Gasteiger partial charge in [-0.15, -0.1) is 0 Å². The minimum Gasteiger partial charge on any atom is -0.550 e. The fourth-order valence-electron chi connectivity index (χ4n) is 2.38. The first-order valence-corrected chi connectivity index (χ1v) is 9.56. The normalized spacial score (nSPS) is 15.0. The van der Waals surface area contributed by atoms with Gasteiger partial charge in [0, 0.05) is 22.8 Å². The molecule has 0 aliphatic carbocycles. The van der Waals surface area contributed by atoms with Crippen LogP contribution in [0.15, 0.2) is 0 Å². The molecule has 0 radical (unpaired) electrons. The van der Waals surface area contributed by atoms with Gasteiger partial charge >= 0.3 is 23.1 Å². The molecule has 0 heterocycles. The van der Waals surface area contributed by atoms with E-state index in [9.17, 15) is 19.8 Å². The third-order valence-corrected chi connectivity index (χ3v) is 5.21. The standard InChI is InChI=1S/2C10H20O2.Mg/c2*1-4-6-7-8-10(3,5-2)9(11)12;/h2*4-8H2,1-3H3,(H,11,12);/q;;+2/p-2. The minimum atomic E-state index is -0.902. The molecule has 0 N–H and O–H groups in total. The van der Waals surface area contributed by atoms with Crippen molar-refractivity contribution in [2.24, 2.45) is 10.8 Å². The van der Waals surface area contributed by atoms with Crippen molar-refractivity contribution in [1.29, 1.82) is 0 Å². The molecule has 0 aliphatic rings. The Morgan fingerprint density at radius 3 is 1.12 bits per heavy atom. The number of aliphatic carboxylic acids is 2. The molecule has 4 nitrogen and oxygen atoms in total. The molecule has 144 valence electrons. The van der Waals surface area contributed by atoms with Crippen LogP contribution in [0.2, 0.25) is 0 Å². The Bertz CT molecular complexity index is 326. The number of carboxylic acids is 2. The van der Waals surface area contributed by atoms with E-state index in [0.29, 0.717) is 12.8 Å². The van der Waals surface area contributed by atoms with Gasteiger partial charge in [-0.1, -0.05) is 80.1 Å². The summed E-state index contributed by atoms with van der Waals surface area (Å²) in [5.41, 5.74) is -1.20. The molecular formula is C20H38MgO4. The smallest absolute Gasteiger partial charge is 0.550 e. The summed E-state index contributed by atoms with van der Waals surface area (Å²) < 4.78 is 0. The van der Waals surface area contributed by atoms with Crippen molar-refractivity contribution >= 4 is 35.0 Å². The number of rotatable bonds is 12. The van der Waals surface area contributed by atoms with E-state index in [1.165, 1.54) is 0 Å². The zero-order valence-corrected chi connectivity index (χ0v) is 18.8. The fourth-order valence-corrected chi connectivity index (χ4v) is 2.38. The molecule has 0 bridgehead atoms. The van der Waals surface area contributed by atoms with E-state index in [4.69, 9.17) is 0 Å². The second-order valence-electron chi connectivity index (χ2n) is 7.32. The zero-order chi connectivity index (χ0) is 19.2. The number of carbonyl (C=O) groups excluding carboxylic acids is 2. The van der Waals surface area contributed by atoms with Gasteiger partial charge in [0.15, 0.2) is 0 Å². The summed E-state index contributed by atoms with van der Waals surface area (Å²) in [5, 5.41) is 21.5. The fraction of sp³-hybridized carbons (Fsp3) is 0.900. The first-order valence-electron chi connectivity index (χ1n) is 9.56. The van der Waals surface area contributed by atoms with Crippen LogP contribution in [0.3, 0.4) is 0 Å². The van der Waals surface area contributed by atoms with Crippen molar-refractivity contribution in [3.63, 3.8) is 0 Å². The van der Waals surface area contributed by atoms with E-state index >= 15 is 0 Å². The summed E-state index contributed by atoms with van der Waals surface area (Å²) in [6.07, 6.45) is 9.31. The monoisotopic (exact) mass is 366 g/mol. The molecule has 0 aromatic heterocycles. The van der Waals surface area contributed by atoms with Gasteiger partial charge in [-0.05, 0) is 25.7 Å². The van der Waals surface area contributed by atoms with E-state index in [2.05, 4.69) is 13.8 Å². The maximum absolute atomic E-state index is 10.7. The van der Waals surface area contributed by atoms with E-state index in [0.717, 1.165) is 51.4 Å². The van der Waals surface area contributed by atoms with Gasteiger partial charge in [-0.25, -0.2) is 0 Å². The second-order valence-corrected chi connectivity index (χ2v) is 7.32. The second kappa shape index (κ2) is 15.9. The molecule has 0 aromatic carbocycles. The molecule has 0 aliphatic heterocycles. The summed E-state index contributed by atoms with van der Waals surface area (Å²) in [7, 11) is 0. The van der Waals surface area contributed by atoms with Gasteiger partial charge in [0.1, 0.15) is 0 Å². The largest absolute Gasteiger partial charge is 2.00 e. The average molecular weight is 367 g/mol. The molecule has 2 unspecified atom stereocenters. The maximum Gasteiger partial charge on any atom is 2.00 e. The predicted octanol–water partition coefficient (Wildman–Crippen LogP) is 3.09. The Morgan fingerprint density at radius 2 is 0.960 bits per heavy atom. The minimum absolute atomic E-state index is 0. The van der Waals surface area contributed by atoms with Crippen LogP contribution >= 0.6 is 0 Å². The molecule has 2 atom stereocenters. The van der Waals surface area contributed by atoms with E-state index in [-0.39, 0.29) is 23.1 Å². The Hall–Kier alpha value is -0.294. The molecular weight excluding hydrogens is 329 g/mol. The number of hydrogen-bond donors (Lipinski definition) is 0. The zero-order valence-electron chi connectivity index (χ0n) is 17.4. The molecule has 0 fully saturated rings. The number of hydrogen-bond acceptors (Lipinski definition) is 4. The molecule has 25 heavy (non-hydrogen) atoms. The third kappa shape index (κ3) is 12.7. The Morgan fingerprint density at radius 1 is 0.680 bits per heavy atom. The van der Waals surface area contributed by atoms with Gasteiger partial charge in [0.2, 0.25) is 0 Å². The van der Waals surface area contributed by atoms with Crippen molar-refractivity contribution in [2.45, 2.75) is 106 Å². The van der Waals surface area contributed by atoms with Crippen LogP contribution < -0.4 is 10.2 Å². The van der Waals surface area contributed by atoms with Crippen LogP contribution in [0.25, 0.3) is 0 Å². The van der Waals surface area contributed by atoms with Gasteiger partial charge in [-0.2, -0.15) is 0 Å². The molecule has 0 saturated heterocycles. The van der Waals surface area contributed by atoms with Crippen LogP contribution in [0.4, 0.5) is 0 Å². The molecule has 0 rings (SSSR count). The van der Waals surface area contributed by atoms with Crippen molar-refractivity contribution < 1.29 is 19.8 Å². The SMILES string of the molecule is CCCCCC(C)(CC)C(=O)[O-].CCCCCC(C)(CC)C(=O)[O-].[Mg+2]. The van der Waals surface area contributed by atoms with Gasteiger partial charge in [0.05, 0.1) is 0 Å². The molecule has 0 saturated carbocycles. The van der Waals surface area contributed by atoms with Crippen LogP contribution in [-0.4, -0.2) is 35.0 Å². The molecule has 0 amide bonds. The van der Waals surface area contributed by atoms with Gasteiger partial charge in [-0.3, -0.25) is 0 Å². The van der Waals surface area contributed by atoms with Crippen LogP contribution in [0, 0.1) is 10.8 Å².